The Hall–Kier alpha value is -2.19. The molecule has 0 aliphatic heterocycles. The monoisotopic (exact) mass is 365 g/mol. The van der Waals surface area contributed by atoms with Gasteiger partial charge >= 0.3 is 0 Å². The Balaban J connectivity index is 2.57. The highest BCUT2D eigenvalue weighted by Crippen LogP contribution is 2.34. The molecule has 2 N–H and O–H groups in total. The zero-order valence-corrected chi connectivity index (χ0v) is 15.7. The summed E-state index contributed by atoms with van der Waals surface area (Å²) in [6, 6.07) is 5.12. The van der Waals surface area contributed by atoms with Gasteiger partial charge in [0, 0.05) is 13.5 Å². The van der Waals surface area contributed by atoms with Gasteiger partial charge in [-0.15, -0.1) is 0 Å². The first kappa shape index (κ1) is 19.1. The molecule has 0 bridgehead atoms. The first-order valence-corrected chi connectivity index (χ1v) is 9.65. The van der Waals surface area contributed by atoms with Gasteiger partial charge in [-0.2, -0.15) is 0 Å². The average molecular weight is 365 g/mol. The quantitative estimate of drug-likeness (QED) is 0.785. The lowest BCUT2D eigenvalue weighted by Gasteiger charge is -2.11. The molecule has 0 saturated carbocycles. The van der Waals surface area contributed by atoms with Gasteiger partial charge in [0.25, 0.3) is 0 Å². The maximum Gasteiger partial charge on any atom is 0.240 e. The van der Waals surface area contributed by atoms with Crippen molar-refractivity contribution in [2.24, 2.45) is 0 Å². The summed E-state index contributed by atoms with van der Waals surface area (Å²) in [7, 11) is -3.61. The number of anilines is 1. The summed E-state index contributed by atoms with van der Waals surface area (Å²) < 4.78 is 32.9. The van der Waals surface area contributed by atoms with Crippen molar-refractivity contribution in [3.63, 3.8) is 0 Å². The van der Waals surface area contributed by atoms with E-state index in [2.05, 4.69) is 15.2 Å². The third-order valence-electron chi connectivity index (χ3n) is 3.70. The topological polar surface area (TPSA) is 101 Å². The second kappa shape index (κ2) is 7.79. The molecular weight excluding hydrogens is 342 g/mol. The fourth-order valence-electron chi connectivity index (χ4n) is 2.47. The molecule has 136 valence electrons. The van der Waals surface area contributed by atoms with Gasteiger partial charge in [-0.05, 0) is 37.0 Å². The predicted molar refractivity (Wildman–Crippen MR) is 95.8 cm³/mol. The fourth-order valence-corrected chi connectivity index (χ4v) is 3.87. The van der Waals surface area contributed by atoms with Crippen molar-refractivity contribution in [2.75, 3.05) is 11.9 Å². The van der Waals surface area contributed by atoms with Crippen LogP contribution in [0.2, 0.25) is 0 Å². The second-order valence-corrected chi connectivity index (χ2v) is 7.48. The van der Waals surface area contributed by atoms with E-state index >= 15 is 0 Å². The number of carbonyl (C=O) groups excluding carboxylic acids is 1. The van der Waals surface area contributed by atoms with Gasteiger partial charge in [0.2, 0.25) is 21.8 Å². The van der Waals surface area contributed by atoms with E-state index in [9.17, 15) is 13.2 Å². The lowest BCUT2D eigenvalue weighted by molar-refractivity contribution is -0.114. The zero-order chi connectivity index (χ0) is 18.6. The number of benzene rings is 1. The van der Waals surface area contributed by atoms with Crippen LogP contribution in [0.15, 0.2) is 27.6 Å². The summed E-state index contributed by atoms with van der Waals surface area (Å²) >= 11 is 0. The van der Waals surface area contributed by atoms with Gasteiger partial charge < -0.3 is 4.52 Å². The number of aryl methyl sites for hydroxylation is 2. The standard InChI is InChI=1S/C17H23N3O4S/c1-5-9-18-25(22,23)15-10-13(8-7-11(15)3)16-14(6-2)20-24-17(16)19-12(4)21/h7-8,10,18H,5-6,9H2,1-4H3,(H,19,21). The Kier molecular flexibility index (Phi) is 5.97. The first-order chi connectivity index (χ1) is 11.8. The van der Waals surface area contributed by atoms with Crippen LogP contribution in [0.4, 0.5) is 5.88 Å². The third-order valence-corrected chi connectivity index (χ3v) is 5.30. The summed E-state index contributed by atoms with van der Waals surface area (Å²) in [5.74, 6) is -0.0670. The summed E-state index contributed by atoms with van der Waals surface area (Å²) in [6.45, 7) is 7.30. The Morgan fingerprint density at radius 2 is 2.00 bits per heavy atom. The van der Waals surface area contributed by atoms with E-state index in [4.69, 9.17) is 4.52 Å². The van der Waals surface area contributed by atoms with Gasteiger partial charge in [-0.3, -0.25) is 10.1 Å². The molecule has 0 unspecified atom stereocenters. The average Bonchev–Trinajstić information content (AvgIpc) is 2.95. The van der Waals surface area contributed by atoms with Crippen LogP contribution in [0.25, 0.3) is 11.1 Å². The van der Waals surface area contributed by atoms with E-state index < -0.39 is 10.0 Å². The summed E-state index contributed by atoms with van der Waals surface area (Å²) in [5, 5.41) is 6.57. The van der Waals surface area contributed by atoms with E-state index in [1.165, 1.54) is 6.92 Å². The van der Waals surface area contributed by atoms with Crippen molar-refractivity contribution in [1.82, 2.24) is 9.88 Å². The SMILES string of the molecule is CCCNS(=O)(=O)c1cc(-c2c(CC)noc2NC(C)=O)ccc1C. The molecule has 0 saturated heterocycles. The summed E-state index contributed by atoms with van der Waals surface area (Å²) in [5.41, 5.74) is 2.52. The maximum absolute atomic E-state index is 12.5. The number of carbonyl (C=O) groups is 1. The van der Waals surface area contributed by atoms with Gasteiger partial charge in [-0.1, -0.05) is 31.1 Å². The van der Waals surface area contributed by atoms with Crippen LogP contribution in [-0.4, -0.2) is 26.0 Å². The lowest BCUT2D eigenvalue weighted by Crippen LogP contribution is -2.25. The van der Waals surface area contributed by atoms with Crippen molar-refractivity contribution in [2.45, 2.75) is 45.4 Å². The smallest absolute Gasteiger partial charge is 0.240 e. The maximum atomic E-state index is 12.5. The van der Waals surface area contributed by atoms with Gasteiger partial charge in [0.05, 0.1) is 16.2 Å². The molecule has 1 heterocycles. The molecule has 7 nitrogen and oxygen atoms in total. The normalized spacial score (nSPS) is 11.5. The van der Waals surface area contributed by atoms with Crippen molar-refractivity contribution < 1.29 is 17.7 Å². The van der Waals surface area contributed by atoms with Crippen molar-refractivity contribution >= 4 is 21.8 Å². The molecule has 25 heavy (non-hydrogen) atoms. The van der Waals surface area contributed by atoms with E-state index in [0.717, 1.165) is 0 Å². The number of sulfonamides is 1. The Bertz CT molecular complexity index is 872. The number of nitrogens with zero attached hydrogens (tertiary/aromatic N) is 1. The Labute approximate surface area is 147 Å². The number of nitrogens with one attached hydrogen (secondary N) is 2. The number of hydrogen-bond acceptors (Lipinski definition) is 5. The minimum atomic E-state index is -3.61. The van der Waals surface area contributed by atoms with Crippen LogP contribution in [-0.2, 0) is 21.2 Å². The van der Waals surface area contributed by atoms with Gasteiger partial charge in [-0.25, -0.2) is 13.1 Å². The molecule has 2 rings (SSSR count). The Morgan fingerprint density at radius 3 is 2.60 bits per heavy atom. The van der Waals surface area contributed by atoms with E-state index in [0.29, 0.717) is 41.8 Å². The predicted octanol–water partition coefficient (Wildman–Crippen LogP) is 2.86. The zero-order valence-electron chi connectivity index (χ0n) is 14.8. The molecular formula is C17H23N3O4S. The van der Waals surface area contributed by atoms with Crippen LogP contribution in [0.1, 0.15) is 38.4 Å². The molecule has 2 aromatic rings. The molecule has 1 aromatic heterocycles. The number of amides is 1. The second-order valence-electron chi connectivity index (χ2n) is 5.75. The highest BCUT2D eigenvalue weighted by molar-refractivity contribution is 7.89. The fraction of sp³-hybridized carbons (Fsp3) is 0.412. The molecule has 0 atom stereocenters. The van der Waals surface area contributed by atoms with Gasteiger partial charge in [0.1, 0.15) is 0 Å². The number of hydrogen-bond donors (Lipinski definition) is 2. The van der Waals surface area contributed by atoms with Gasteiger partial charge in [0.15, 0.2) is 0 Å². The molecule has 0 aliphatic carbocycles. The molecule has 8 heteroatoms. The van der Waals surface area contributed by atoms with Crippen LogP contribution >= 0.6 is 0 Å². The summed E-state index contributed by atoms with van der Waals surface area (Å²) in [6.07, 6.45) is 1.29. The number of rotatable bonds is 7. The minimum absolute atomic E-state index is 0.204. The third kappa shape index (κ3) is 4.26. The largest absolute Gasteiger partial charge is 0.337 e. The molecule has 1 amide bonds. The van der Waals surface area contributed by atoms with Crippen LogP contribution < -0.4 is 10.0 Å². The highest BCUT2D eigenvalue weighted by Gasteiger charge is 2.22. The van der Waals surface area contributed by atoms with Crippen LogP contribution in [0.3, 0.4) is 0 Å². The number of aromatic nitrogens is 1. The van der Waals surface area contributed by atoms with E-state index in [1.54, 1.807) is 25.1 Å². The molecule has 0 fully saturated rings. The molecule has 0 spiro atoms. The summed E-state index contributed by atoms with van der Waals surface area (Å²) in [4.78, 5) is 11.6. The minimum Gasteiger partial charge on any atom is -0.337 e. The molecule has 0 aliphatic rings. The van der Waals surface area contributed by atoms with E-state index in [1.807, 2.05) is 13.8 Å². The van der Waals surface area contributed by atoms with Crippen molar-refractivity contribution in [3.8, 4) is 11.1 Å². The lowest BCUT2D eigenvalue weighted by atomic mass is 10.0. The van der Waals surface area contributed by atoms with E-state index in [-0.39, 0.29) is 16.7 Å². The first-order valence-electron chi connectivity index (χ1n) is 8.17. The molecule has 0 radical (unpaired) electrons. The molecule has 1 aromatic carbocycles. The van der Waals surface area contributed by atoms with Crippen molar-refractivity contribution in [3.05, 3.63) is 29.5 Å². The van der Waals surface area contributed by atoms with Crippen LogP contribution in [0.5, 0.6) is 0 Å². The van der Waals surface area contributed by atoms with Crippen LogP contribution in [0, 0.1) is 6.92 Å². The Morgan fingerprint density at radius 1 is 1.28 bits per heavy atom. The van der Waals surface area contributed by atoms with Crippen molar-refractivity contribution in [1.29, 1.82) is 0 Å². The highest BCUT2D eigenvalue weighted by atomic mass is 32.2.